The first-order valence-corrected chi connectivity index (χ1v) is 7.57. The first-order chi connectivity index (χ1) is 9.22. The van der Waals surface area contributed by atoms with E-state index in [-0.39, 0.29) is 0 Å². The van der Waals surface area contributed by atoms with Crippen LogP contribution in [0.2, 0.25) is 0 Å². The van der Waals surface area contributed by atoms with Gasteiger partial charge >= 0.3 is 0 Å². The summed E-state index contributed by atoms with van der Waals surface area (Å²) >= 11 is 0. The largest absolute Gasteiger partial charge is 0.497 e. The minimum atomic E-state index is 0.595. The van der Waals surface area contributed by atoms with Gasteiger partial charge in [0.2, 0.25) is 0 Å². The highest BCUT2D eigenvalue weighted by atomic mass is 16.5. The molecule has 1 rings (SSSR count). The standard InChI is InChI=1S/C17H29NO/c1-5-7-14(3)17(13-18-12-6-2)15-8-10-16(19-4)11-9-15/h8-11,14,17-18H,5-7,12-13H2,1-4H3. The van der Waals surface area contributed by atoms with Gasteiger partial charge in [0.1, 0.15) is 5.75 Å². The second-order valence-corrected chi connectivity index (χ2v) is 5.35. The third kappa shape index (κ3) is 5.23. The molecule has 0 aliphatic carbocycles. The number of hydrogen-bond donors (Lipinski definition) is 1. The Morgan fingerprint density at radius 1 is 1.11 bits per heavy atom. The van der Waals surface area contributed by atoms with Crippen LogP contribution < -0.4 is 10.1 Å². The maximum absolute atomic E-state index is 5.24. The van der Waals surface area contributed by atoms with Crippen molar-refractivity contribution in [3.05, 3.63) is 29.8 Å². The molecule has 2 atom stereocenters. The second kappa shape index (κ2) is 8.98. The van der Waals surface area contributed by atoms with Crippen molar-refractivity contribution in [3.63, 3.8) is 0 Å². The molecule has 0 aliphatic heterocycles. The highest BCUT2D eigenvalue weighted by Crippen LogP contribution is 2.28. The van der Waals surface area contributed by atoms with Gasteiger partial charge in [-0.25, -0.2) is 0 Å². The Morgan fingerprint density at radius 3 is 2.32 bits per heavy atom. The molecule has 0 fully saturated rings. The summed E-state index contributed by atoms with van der Waals surface area (Å²) in [5.41, 5.74) is 1.42. The van der Waals surface area contributed by atoms with Gasteiger partial charge in [-0.3, -0.25) is 0 Å². The zero-order valence-corrected chi connectivity index (χ0v) is 12.9. The van der Waals surface area contributed by atoms with Crippen LogP contribution in [0.5, 0.6) is 5.75 Å². The van der Waals surface area contributed by atoms with Crippen LogP contribution in [0.4, 0.5) is 0 Å². The molecule has 108 valence electrons. The molecule has 1 aromatic rings. The second-order valence-electron chi connectivity index (χ2n) is 5.35. The van der Waals surface area contributed by atoms with E-state index in [9.17, 15) is 0 Å². The summed E-state index contributed by atoms with van der Waals surface area (Å²) in [7, 11) is 1.72. The van der Waals surface area contributed by atoms with Crippen LogP contribution >= 0.6 is 0 Å². The van der Waals surface area contributed by atoms with Crippen molar-refractivity contribution in [1.29, 1.82) is 0 Å². The first-order valence-electron chi connectivity index (χ1n) is 7.57. The molecule has 0 saturated carbocycles. The minimum absolute atomic E-state index is 0.595. The maximum atomic E-state index is 5.24. The molecule has 0 spiro atoms. The molecule has 2 unspecified atom stereocenters. The molecule has 0 amide bonds. The molecular weight excluding hydrogens is 234 g/mol. The summed E-state index contributed by atoms with van der Waals surface area (Å²) in [5.74, 6) is 2.24. The average molecular weight is 263 g/mol. The van der Waals surface area contributed by atoms with Gasteiger partial charge in [-0.15, -0.1) is 0 Å². The van der Waals surface area contributed by atoms with E-state index >= 15 is 0 Å². The van der Waals surface area contributed by atoms with E-state index in [1.807, 2.05) is 0 Å². The fraction of sp³-hybridized carbons (Fsp3) is 0.647. The van der Waals surface area contributed by atoms with Gasteiger partial charge in [0.15, 0.2) is 0 Å². The summed E-state index contributed by atoms with van der Waals surface area (Å²) < 4.78 is 5.24. The maximum Gasteiger partial charge on any atom is 0.118 e. The van der Waals surface area contributed by atoms with Crippen LogP contribution in [0.15, 0.2) is 24.3 Å². The summed E-state index contributed by atoms with van der Waals surface area (Å²) in [6, 6.07) is 8.56. The van der Waals surface area contributed by atoms with E-state index in [4.69, 9.17) is 4.74 Å². The molecule has 0 aliphatic rings. The topological polar surface area (TPSA) is 21.3 Å². The Hall–Kier alpha value is -1.02. The molecule has 1 aromatic carbocycles. The Balaban J connectivity index is 2.74. The molecule has 19 heavy (non-hydrogen) atoms. The molecule has 2 heteroatoms. The Kier molecular flexibility index (Phi) is 7.57. The third-order valence-electron chi connectivity index (χ3n) is 3.77. The third-order valence-corrected chi connectivity index (χ3v) is 3.77. The minimum Gasteiger partial charge on any atom is -0.497 e. The average Bonchev–Trinajstić information content (AvgIpc) is 2.44. The van der Waals surface area contributed by atoms with Gasteiger partial charge < -0.3 is 10.1 Å². The number of methoxy groups -OCH3 is 1. The quantitative estimate of drug-likeness (QED) is 0.674. The van der Waals surface area contributed by atoms with Gasteiger partial charge in [-0.05, 0) is 42.5 Å². The monoisotopic (exact) mass is 263 g/mol. The highest BCUT2D eigenvalue weighted by molar-refractivity contribution is 5.30. The van der Waals surface area contributed by atoms with E-state index in [0.717, 1.165) is 18.8 Å². The number of ether oxygens (including phenoxy) is 1. The summed E-state index contributed by atoms with van der Waals surface area (Å²) in [5, 5.41) is 3.57. The lowest BCUT2D eigenvalue weighted by Gasteiger charge is -2.25. The predicted octanol–water partition coefficient (Wildman–Crippen LogP) is 4.21. The summed E-state index contributed by atoms with van der Waals surface area (Å²) in [6.45, 7) is 9.02. The lowest BCUT2D eigenvalue weighted by Crippen LogP contribution is -2.26. The predicted molar refractivity (Wildman–Crippen MR) is 83.0 cm³/mol. The van der Waals surface area contributed by atoms with Crippen molar-refractivity contribution in [2.45, 2.75) is 46.0 Å². The molecular formula is C17H29NO. The van der Waals surface area contributed by atoms with Crippen LogP contribution in [0.1, 0.15) is 51.5 Å². The van der Waals surface area contributed by atoms with E-state index < -0.39 is 0 Å². The Labute approximate surface area is 118 Å². The van der Waals surface area contributed by atoms with Gasteiger partial charge in [0.05, 0.1) is 7.11 Å². The molecule has 0 aromatic heterocycles. The van der Waals surface area contributed by atoms with E-state index in [2.05, 4.69) is 50.4 Å². The van der Waals surface area contributed by atoms with Crippen molar-refractivity contribution in [1.82, 2.24) is 5.32 Å². The van der Waals surface area contributed by atoms with Crippen LogP contribution in [0, 0.1) is 5.92 Å². The van der Waals surface area contributed by atoms with Crippen molar-refractivity contribution >= 4 is 0 Å². The number of rotatable bonds is 9. The summed E-state index contributed by atoms with van der Waals surface area (Å²) in [4.78, 5) is 0. The molecule has 0 heterocycles. The van der Waals surface area contributed by atoms with E-state index in [1.165, 1.54) is 24.8 Å². The highest BCUT2D eigenvalue weighted by Gasteiger charge is 2.18. The normalized spacial score (nSPS) is 14.1. The van der Waals surface area contributed by atoms with Crippen LogP contribution in [0.25, 0.3) is 0 Å². The fourth-order valence-electron chi connectivity index (χ4n) is 2.59. The Bertz CT molecular complexity index is 334. The Morgan fingerprint density at radius 2 is 1.79 bits per heavy atom. The molecule has 0 radical (unpaired) electrons. The van der Waals surface area contributed by atoms with Gasteiger partial charge in [0.25, 0.3) is 0 Å². The SMILES string of the molecule is CCCNCC(c1ccc(OC)cc1)C(C)CCC. The van der Waals surface area contributed by atoms with Gasteiger partial charge in [0, 0.05) is 6.54 Å². The fourth-order valence-corrected chi connectivity index (χ4v) is 2.59. The molecule has 2 nitrogen and oxygen atoms in total. The van der Waals surface area contributed by atoms with Crippen molar-refractivity contribution in [3.8, 4) is 5.75 Å². The zero-order valence-electron chi connectivity index (χ0n) is 12.9. The lowest BCUT2D eigenvalue weighted by molar-refractivity contribution is 0.400. The summed E-state index contributed by atoms with van der Waals surface area (Å²) in [6.07, 6.45) is 3.73. The van der Waals surface area contributed by atoms with Crippen LogP contribution in [0.3, 0.4) is 0 Å². The number of nitrogens with one attached hydrogen (secondary N) is 1. The van der Waals surface area contributed by atoms with Gasteiger partial charge in [-0.1, -0.05) is 45.7 Å². The van der Waals surface area contributed by atoms with E-state index in [0.29, 0.717) is 11.8 Å². The van der Waals surface area contributed by atoms with Crippen molar-refractivity contribution in [2.75, 3.05) is 20.2 Å². The molecule has 0 bridgehead atoms. The first kappa shape index (κ1) is 16.0. The van der Waals surface area contributed by atoms with Crippen molar-refractivity contribution in [2.24, 2.45) is 5.92 Å². The van der Waals surface area contributed by atoms with Crippen LogP contribution in [-0.4, -0.2) is 20.2 Å². The lowest BCUT2D eigenvalue weighted by atomic mass is 9.84. The number of hydrogen-bond acceptors (Lipinski definition) is 2. The van der Waals surface area contributed by atoms with Crippen LogP contribution in [-0.2, 0) is 0 Å². The smallest absolute Gasteiger partial charge is 0.118 e. The number of benzene rings is 1. The molecule has 0 saturated heterocycles. The zero-order chi connectivity index (χ0) is 14.1. The van der Waals surface area contributed by atoms with E-state index in [1.54, 1.807) is 7.11 Å². The van der Waals surface area contributed by atoms with Crippen molar-refractivity contribution < 1.29 is 4.74 Å². The molecule has 1 N–H and O–H groups in total. The van der Waals surface area contributed by atoms with Gasteiger partial charge in [-0.2, -0.15) is 0 Å².